The van der Waals surface area contributed by atoms with E-state index in [2.05, 4.69) is 6.92 Å². The van der Waals surface area contributed by atoms with Crippen LogP contribution in [0.1, 0.15) is 52.4 Å². The van der Waals surface area contributed by atoms with Gasteiger partial charge in [-0.25, -0.2) is 4.79 Å². The molecule has 1 rings (SSSR count). The quantitative estimate of drug-likeness (QED) is 0.534. The maximum absolute atomic E-state index is 11.5. The van der Waals surface area contributed by atoms with Gasteiger partial charge in [0.25, 0.3) is 0 Å². The average Bonchev–Trinajstić information content (AvgIpc) is 2.30. The molecule has 1 atom stereocenters. The van der Waals surface area contributed by atoms with Crippen molar-refractivity contribution in [2.24, 2.45) is 11.8 Å². The number of hydrogen-bond donors (Lipinski definition) is 0. The molecule has 1 fully saturated rings. The van der Waals surface area contributed by atoms with E-state index in [-0.39, 0.29) is 12.4 Å². The van der Waals surface area contributed by atoms with E-state index in [9.17, 15) is 9.59 Å². The third kappa shape index (κ3) is 3.95. The lowest BCUT2D eigenvalue weighted by atomic mass is 9.79. The molecule has 0 amide bonds. The van der Waals surface area contributed by atoms with Crippen molar-refractivity contribution in [2.45, 2.75) is 52.4 Å². The number of carbonyl (C=O) groups is 2. The van der Waals surface area contributed by atoms with Crippen LogP contribution in [-0.4, -0.2) is 18.4 Å². The zero-order chi connectivity index (χ0) is 12.0. The van der Waals surface area contributed by atoms with Gasteiger partial charge in [0.15, 0.2) is 0 Å². The van der Waals surface area contributed by atoms with E-state index in [1.54, 1.807) is 6.92 Å². The van der Waals surface area contributed by atoms with E-state index in [0.717, 1.165) is 0 Å². The normalized spacial score (nSPS) is 19.1. The molecular formula is C13H22O3. The molecule has 0 aromatic heterocycles. The number of ether oxygens (including phenoxy) is 1. The molecular weight excluding hydrogens is 204 g/mol. The Labute approximate surface area is 97.5 Å². The monoisotopic (exact) mass is 226 g/mol. The maximum Gasteiger partial charge on any atom is 0.374 e. The van der Waals surface area contributed by atoms with Crippen molar-refractivity contribution < 1.29 is 14.3 Å². The Hall–Kier alpha value is -0.860. The van der Waals surface area contributed by atoms with Gasteiger partial charge in [-0.3, -0.25) is 4.79 Å². The molecule has 0 aromatic rings. The Morgan fingerprint density at radius 2 is 1.88 bits per heavy atom. The highest BCUT2D eigenvalue weighted by atomic mass is 16.5. The van der Waals surface area contributed by atoms with Gasteiger partial charge in [0.05, 0.1) is 6.61 Å². The second kappa shape index (κ2) is 6.66. The van der Waals surface area contributed by atoms with Crippen LogP contribution < -0.4 is 0 Å². The molecule has 0 N–H and O–H groups in total. The molecule has 0 spiro atoms. The van der Waals surface area contributed by atoms with Crippen LogP contribution in [0.2, 0.25) is 0 Å². The Kier molecular flexibility index (Phi) is 5.50. The molecule has 92 valence electrons. The van der Waals surface area contributed by atoms with E-state index in [0.29, 0.717) is 18.3 Å². The summed E-state index contributed by atoms with van der Waals surface area (Å²) in [6.45, 7) is 4.07. The second-order valence-electron chi connectivity index (χ2n) is 4.72. The van der Waals surface area contributed by atoms with Gasteiger partial charge in [-0.05, 0) is 18.8 Å². The fraction of sp³-hybridized carbons (Fsp3) is 0.846. The summed E-state index contributed by atoms with van der Waals surface area (Å²) in [7, 11) is 0. The molecule has 1 aliphatic carbocycles. The summed E-state index contributed by atoms with van der Waals surface area (Å²) in [5.74, 6) is -0.0885. The zero-order valence-electron chi connectivity index (χ0n) is 10.3. The molecule has 0 aromatic carbocycles. The molecule has 1 saturated carbocycles. The topological polar surface area (TPSA) is 43.4 Å². The van der Waals surface area contributed by atoms with Gasteiger partial charge >= 0.3 is 5.97 Å². The molecule has 0 aliphatic heterocycles. The first kappa shape index (κ1) is 13.2. The van der Waals surface area contributed by atoms with Crippen LogP contribution in [0.5, 0.6) is 0 Å². The molecule has 3 nitrogen and oxygen atoms in total. The fourth-order valence-corrected chi connectivity index (χ4v) is 2.46. The third-order valence-corrected chi connectivity index (χ3v) is 3.47. The van der Waals surface area contributed by atoms with Gasteiger partial charge in [0.1, 0.15) is 0 Å². The Morgan fingerprint density at radius 1 is 1.25 bits per heavy atom. The van der Waals surface area contributed by atoms with E-state index in [1.807, 2.05) is 0 Å². The molecule has 0 saturated heterocycles. The lowest BCUT2D eigenvalue weighted by Crippen LogP contribution is -2.24. The van der Waals surface area contributed by atoms with Crippen LogP contribution in [0.15, 0.2) is 0 Å². The Morgan fingerprint density at radius 3 is 2.44 bits per heavy atom. The van der Waals surface area contributed by atoms with Crippen molar-refractivity contribution in [1.82, 2.24) is 0 Å². The molecule has 0 unspecified atom stereocenters. The SMILES string of the molecule is CCOC(=O)C(=O)C[C@@H](C)C1CCCCC1. The molecule has 1 aliphatic rings. The van der Waals surface area contributed by atoms with Crippen LogP contribution in [0.4, 0.5) is 0 Å². The largest absolute Gasteiger partial charge is 0.460 e. The number of Topliss-reactive ketones (excluding diaryl/α,β-unsaturated/α-hetero) is 1. The predicted octanol–water partition coefficient (Wildman–Crippen LogP) is 2.73. The van der Waals surface area contributed by atoms with Crippen molar-refractivity contribution in [2.75, 3.05) is 6.61 Å². The van der Waals surface area contributed by atoms with Gasteiger partial charge in [-0.1, -0.05) is 39.0 Å². The summed E-state index contributed by atoms with van der Waals surface area (Å²) in [6, 6.07) is 0. The Balaban J connectivity index is 2.34. The lowest BCUT2D eigenvalue weighted by molar-refractivity contribution is -0.154. The molecule has 3 heteroatoms. The fourth-order valence-electron chi connectivity index (χ4n) is 2.46. The van der Waals surface area contributed by atoms with Gasteiger partial charge in [0, 0.05) is 6.42 Å². The zero-order valence-corrected chi connectivity index (χ0v) is 10.3. The number of ketones is 1. The minimum Gasteiger partial charge on any atom is -0.460 e. The van der Waals surface area contributed by atoms with Crippen molar-refractivity contribution in [3.63, 3.8) is 0 Å². The van der Waals surface area contributed by atoms with Crippen molar-refractivity contribution in [3.8, 4) is 0 Å². The van der Waals surface area contributed by atoms with Crippen LogP contribution >= 0.6 is 0 Å². The highest BCUT2D eigenvalue weighted by molar-refractivity contribution is 6.33. The van der Waals surface area contributed by atoms with Crippen molar-refractivity contribution >= 4 is 11.8 Å². The van der Waals surface area contributed by atoms with Gasteiger partial charge in [0.2, 0.25) is 5.78 Å². The second-order valence-corrected chi connectivity index (χ2v) is 4.72. The van der Waals surface area contributed by atoms with Crippen LogP contribution in [-0.2, 0) is 14.3 Å². The molecule has 0 bridgehead atoms. The number of esters is 1. The van der Waals surface area contributed by atoms with Gasteiger partial charge < -0.3 is 4.74 Å². The smallest absolute Gasteiger partial charge is 0.374 e. The Bertz CT molecular complexity index is 242. The first-order chi connectivity index (χ1) is 7.65. The van der Waals surface area contributed by atoms with Crippen LogP contribution in [0.3, 0.4) is 0 Å². The first-order valence-electron chi connectivity index (χ1n) is 6.35. The van der Waals surface area contributed by atoms with E-state index >= 15 is 0 Å². The summed E-state index contributed by atoms with van der Waals surface area (Å²) in [6.07, 6.45) is 6.61. The van der Waals surface area contributed by atoms with Crippen molar-refractivity contribution in [3.05, 3.63) is 0 Å². The minimum atomic E-state index is -0.662. The van der Waals surface area contributed by atoms with Crippen LogP contribution in [0, 0.1) is 11.8 Å². The van der Waals surface area contributed by atoms with Crippen molar-refractivity contribution in [1.29, 1.82) is 0 Å². The minimum absolute atomic E-state index is 0.280. The van der Waals surface area contributed by atoms with Gasteiger partial charge in [-0.15, -0.1) is 0 Å². The van der Waals surface area contributed by atoms with Gasteiger partial charge in [-0.2, -0.15) is 0 Å². The lowest BCUT2D eigenvalue weighted by Gasteiger charge is -2.26. The number of carbonyl (C=O) groups excluding carboxylic acids is 2. The maximum atomic E-state index is 11.5. The predicted molar refractivity (Wildman–Crippen MR) is 62.0 cm³/mol. The highest BCUT2D eigenvalue weighted by Gasteiger charge is 2.25. The van der Waals surface area contributed by atoms with E-state index < -0.39 is 5.97 Å². The highest BCUT2D eigenvalue weighted by Crippen LogP contribution is 2.31. The standard InChI is InChI=1S/C13H22O3/c1-3-16-13(15)12(14)9-10(2)11-7-5-4-6-8-11/h10-11H,3-9H2,1-2H3/t10-/m1/s1. The van der Waals surface area contributed by atoms with E-state index in [1.165, 1.54) is 32.1 Å². The van der Waals surface area contributed by atoms with Crippen LogP contribution in [0.25, 0.3) is 0 Å². The third-order valence-electron chi connectivity index (χ3n) is 3.47. The molecule has 16 heavy (non-hydrogen) atoms. The number of rotatable bonds is 5. The summed E-state index contributed by atoms with van der Waals surface area (Å²) in [5.41, 5.74) is 0. The van der Waals surface area contributed by atoms with E-state index in [4.69, 9.17) is 4.74 Å². The summed E-state index contributed by atoms with van der Waals surface area (Å²) >= 11 is 0. The number of hydrogen-bond acceptors (Lipinski definition) is 3. The first-order valence-corrected chi connectivity index (χ1v) is 6.35. The summed E-state index contributed by atoms with van der Waals surface area (Å²) in [4.78, 5) is 22.7. The summed E-state index contributed by atoms with van der Waals surface area (Å²) in [5, 5.41) is 0. The molecule has 0 radical (unpaired) electrons. The average molecular weight is 226 g/mol. The summed E-state index contributed by atoms with van der Waals surface area (Å²) < 4.78 is 4.70. The molecule has 0 heterocycles.